The Balaban J connectivity index is 1.26. The van der Waals surface area contributed by atoms with Crippen molar-refractivity contribution in [3.63, 3.8) is 0 Å². The zero-order valence-electron chi connectivity index (χ0n) is 21.6. The van der Waals surface area contributed by atoms with Gasteiger partial charge in [0.05, 0.1) is 11.8 Å². The molecule has 4 aromatic rings. The van der Waals surface area contributed by atoms with Crippen LogP contribution in [0.15, 0.2) is 54.6 Å². The van der Waals surface area contributed by atoms with Crippen LogP contribution in [0.25, 0.3) is 16.9 Å². The van der Waals surface area contributed by atoms with Crippen LogP contribution in [-0.2, 0) is 12.8 Å². The SMILES string of the molecule is CC(C)Oc1cc(Cl)ccc1-c1cccc2nc(Nc3ccc4c(c3)CC[C@@H](N3CCCC3)CC4)nn12. The Morgan fingerprint density at radius 2 is 1.78 bits per heavy atom. The van der Waals surface area contributed by atoms with Crippen LogP contribution in [0.1, 0.15) is 50.7 Å². The van der Waals surface area contributed by atoms with Gasteiger partial charge >= 0.3 is 0 Å². The monoisotopic (exact) mass is 515 g/mol. The molecular weight excluding hydrogens is 482 g/mol. The Morgan fingerprint density at radius 3 is 2.59 bits per heavy atom. The molecule has 1 N–H and O–H groups in total. The maximum atomic E-state index is 6.27. The first-order valence-corrected chi connectivity index (χ1v) is 13.9. The van der Waals surface area contributed by atoms with Crippen molar-refractivity contribution in [1.29, 1.82) is 0 Å². The van der Waals surface area contributed by atoms with Gasteiger partial charge in [0.2, 0.25) is 5.95 Å². The molecule has 192 valence electrons. The number of benzene rings is 2. The third kappa shape index (κ3) is 5.18. The Hall–Kier alpha value is -3.09. The van der Waals surface area contributed by atoms with E-state index in [0.717, 1.165) is 47.2 Å². The predicted molar refractivity (Wildman–Crippen MR) is 150 cm³/mol. The van der Waals surface area contributed by atoms with Gasteiger partial charge in [-0.15, -0.1) is 5.10 Å². The summed E-state index contributed by atoms with van der Waals surface area (Å²) < 4.78 is 7.93. The fraction of sp³-hybridized carbons (Fsp3) is 0.400. The lowest BCUT2D eigenvalue weighted by Gasteiger charge is -2.25. The number of rotatable bonds is 6. The molecule has 1 aliphatic carbocycles. The highest BCUT2D eigenvalue weighted by Gasteiger charge is 2.24. The summed E-state index contributed by atoms with van der Waals surface area (Å²) >= 11 is 6.27. The van der Waals surface area contributed by atoms with Gasteiger partial charge in [-0.2, -0.15) is 4.98 Å². The molecule has 1 fully saturated rings. The molecule has 1 atom stereocenters. The highest BCUT2D eigenvalue weighted by Crippen LogP contribution is 2.34. The van der Waals surface area contributed by atoms with Gasteiger partial charge in [0, 0.05) is 22.3 Å². The summed E-state index contributed by atoms with van der Waals surface area (Å²) in [6.45, 7) is 6.57. The fourth-order valence-corrected chi connectivity index (χ4v) is 5.95. The molecule has 2 aromatic carbocycles. The molecule has 7 heteroatoms. The quantitative estimate of drug-likeness (QED) is 0.282. The molecule has 0 radical (unpaired) electrons. The molecule has 0 saturated carbocycles. The van der Waals surface area contributed by atoms with Gasteiger partial charge in [-0.25, -0.2) is 4.52 Å². The molecule has 0 bridgehead atoms. The zero-order valence-corrected chi connectivity index (χ0v) is 22.3. The summed E-state index contributed by atoms with van der Waals surface area (Å²) in [7, 11) is 0. The van der Waals surface area contributed by atoms with E-state index in [-0.39, 0.29) is 6.10 Å². The molecule has 0 spiro atoms. The van der Waals surface area contributed by atoms with Crippen LogP contribution >= 0.6 is 11.6 Å². The molecular formula is C30H34ClN5O. The number of hydrogen-bond donors (Lipinski definition) is 1. The smallest absolute Gasteiger partial charge is 0.247 e. The lowest BCUT2D eigenvalue weighted by molar-refractivity contribution is 0.222. The molecule has 2 aromatic heterocycles. The van der Waals surface area contributed by atoms with Crippen molar-refractivity contribution in [2.45, 2.75) is 64.5 Å². The van der Waals surface area contributed by atoms with E-state index in [4.69, 9.17) is 26.4 Å². The zero-order chi connectivity index (χ0) is 25.4. The van der Waals surface area contributed by atoms with Gasteiger partial charge in [-0.05, 0) is 119 Å². The Kier molecular flexibility index (Phi) is 6.78. The number of fused-ring (bicyclic) bond motifs is 2. The minimum atomic E-state index is 0.0308. The molecule has 0 amide bonds. The lowest BCUT2D eigenvalue weighted by atomic mass is 10.0. The van der Waals surface area contributed by atoms with Crippen molar-refractivity contribution < 1.29 is 4.74 Å². The largest absolute Gasteiger partial charge is 0.490 e. The molecule has 6 nitrogen and oxygen atoms in total. The van der Waals surface area contributed by atoms with E-state index in [9.17, 15) is 0 Å². The van der Waals surface area contributed by atoms with E-state index in [2.05, 4.69) is 28.4 Å². The molecule has 3 heterocycles. The standard InChI is InChI=1S/C30H34ClN5O/c1-20(2)37-28-19-23(31)11-15-26(28)27-6-5-7-29-33-30(34-36(27)29)32-24-12-8-21-9-13-25(14-10-22(21)18-24)35-16-3-4-17-35/h5-8,11-12,15,18-20,25H,3-4,9-10,13-14,16-17H2,1-2H3,(H,32,34)/t25-/m0/s1. The van der Waals surface area contributed by atoms with Crippen molar-refractivity contribution in [1.82, 2.24) is 19.5 Å². The van der Waals surface area contributed by atoms with Crippen molar-refractivity contribution in [2.24, 2.45) is 0 Å². The molecule has 1 aliphatic heterocycles. The van der Waals surface area contributed by atoms with E-state index in [1.165, 1.54) is 49.9 Å². The van der Waals surface area contributed by atoms with Crippen molar-refractivity contribution in [2.75, 3.05) is 18.4 Å². The Morgan fingerprint density at radius 1 is 0.973 bits per heavy atom. The molecule has 0 unspecified atom stereocenters. The van der Waals surface area contributed by atoms with Gasteiger partial charge in [0.1, 0.15) is 5.75 Å². The third-order valence-electron chi connectivity index (χ3n) is 7.56. The maximum Gasteiger partial charge on any atom is 0.247 e. The number of anilines is 2. The summed E-state index contributed by atoms with van der Waals surface area (Å²) in [6, 6.07) is 19.2. The van der Waals surface area contributed by atoms with Crippen LogP contribution in [-0.4, -0.2) is 44.7 Å². The molecule has 1 saturated heterocycles. The van der Waals surface area contributed by atoms with E-state index in [0.29, 0.717) is 11.0 Å². The molecule has 2 aliphatic rings. The summed E-state index contributed by atoms with van der Waals surface area (Å²) in [6.07, 6.45) is 7.55. The normalized spacial score (nSPS) is 18.2. The van der Waals surface area contributed by atoms with Crippen LogP contribution < -0.4 is 10.1 Å². The maximum absolute atomic E-state index is 6.27. The number of likely N-dealkylation sites (tertiary alicyclic amines) is 1. The Labute approximate surface area is 223 Å². The number of nitrogens with zero attached hydrogens (tertiary/aromatic N) is 4. The van der Waals surface area contributed by atoms with E-state index >= 15 is 0 Å². The second-order valence-electron chi connectivity index (χ2n) is 10.5. The number of aryl methyl sites for hydroxylation is 2. The minimum Gasteiger partial charge on any atom is -0.490 e. The first-order valence-electron chi connectivity index (χ1n) is 13.5. The van der Waals surface area contributed by atoms with Crippen LogP contribution in [0.2, 0.25) is 5.02 Å². The average molecular weight is 516 g/mol. The number of hydrogen-bond acceptors (Lipinski definition) is 5. The summed E-state index contributed by atoms with van der Waals surface area (Å²) in [5.74, 6) is 1.31. The van der Waals surface area contributed by atoms with Gasteiger partial charge < -0.3 is 15.0 Å². The first-order chi connectivity index (χ1) is 18.0. The topological polar surface area (TPSA) is 54.7 Å². The second-order valence-corrected chi connectivity index (χ2v) is 10.9. The van der Waals surface area contributed by atoms with Crippen LogP contribution in [0.5, 0.6) is 5.75 Å². The van der Waals surface area contributed by atoms with Crippen LogP contribution in [0.3, 0.4) is 0 Å². The highest BCUT2D eigenvalue weighted by molar-refractivity contribution is 6.30. The summed E-state index contributed by atoms with van der Waals surface area (Å²) in [5, 5.41) is 8.92. The summed E-state index contributed by atoms with van der Waals surface area (Å²) in [5.41, 5.74) is 6.57. The average Bonchev–Trinajstić information content (AvgIpc) is 3.50. The van der Waals surface area contributed by atoms with E-state index in [1.54, 1.807) is 0 Å². The Bertz CT molecular complexity index is 1410. The first kappa shape index (κ1) is 24.3. The second kappa shape index (κ2) is 10.3. The summed E-state index contributed by atoms with van der Waals surface area (Å²) in [4.78, 5) is 7.47. The van der Waals surface area contributed by atoms with Crippen molar-refractivity contribution >= 4 is 28.9 Å². The fourth-order valence-electron chi connectivity index (χ4n) is 5.79. The third-order valence-corrected chi connectivity index (χ3v) is 7.79. The number of aromatic nitrogens is 3. The minimum absolute atomic E-state index is 0.0308. The molecule has 37 heavy (non-hydrogen) atoms. The predicted octanol–water partition coefficient (Wildman–Crippen LogP) is 6.92. The number of ether oxygens (including phenoxy) is 1. The van der Waals surface area contributed by atoms with Crippen LogP contribution in [0, 0.1) is 0 Å². The van der Waals surface area contributed by atoms with Gasteiger partial charge in [0.25, 0.3) is 0 Å². The lowest BCUT2D eigenvalue weighted by Crippen LogP contribution is -2.32. The number of nitrogens with one attached hydrogen (secondary N) is 1. The van der Waals surface area contributed by atoms with Crippen molar-refractivity contribution in [3.8, 4) is 17.0 Å². The van der Waals surface area contributed by atoms with Crippen LogP contribution in [0.4, 0.5) is 11.6 Å². The highest BCUT2D eigenvalue weighted by atomic mass is 35.5. The molecule has 6 rings (SSSR count). The van der Waals surface area contributed by atoms with Gasteiger partial charge in [-0.3, -0.25) is 0 Å². The number of pyridine rings is 1. The van der Waals surface area contributed by atoms with Gasteiger partial charge in [-0.1, -0.05) is 23.7 Å². The van der Waals surface area contributed by atoms with Gasteiger partial charge in [0.15, 0.2) is 5.65 Å². The van der Waals surface area contributed by atoms with Crippen molar-refractivity contribution in [3.05, 3.63) is 70.7 Å². The van der Waals surface area contributed by atoms with E-state index < -0.39 is 0 Å². The van der Waals surface area contributed by atoms with E-state index in [1.807, 2.05) is 54.8 Å². The number of halogens is 1.